The van der Waals surface area contributed by atoms with Crippen molar-refractivity contribution in [1.29, 1.82) is 0 Å². The van der Waals surface area contributed by atoms with Crippen LogP contribution in [0.1, 0.15) is 10.6 Å². The lowest BCUT2D eigenvalue weighted by Gasteiger charge is -2.23. The summed E-state index contributed by atoms with van der Waals surface area (Å²) in [6, 6.07) is 7.75. The third kappa shape index (κ3) is 5.54. The Bertz CT molecular complexity index is 574. The number of hydrogen-bond donors (Lipinski definition) is 1. The fourth-order valence-electron chi connectivity index (χ4n) is 2.11. The van der Waals surface area contributed by atoms with Gasteiger partial charge in [-0.2, -0.15) is 0 Å². The Balaban J connectivity index is 1.98. The average Bonchev–Trinajstić information content (AvgIpc) is 3.20. The molecular formula is C16H21N3O3S. The highest BCUT2D eigenvalue weighted by Crippen LogP contribution is 2.14. The first kappa shape index (κ1) is 17.2. The van der Waals surface area contributed by atoms with Crippen molar-refractivity contribution >= 4 is 23.2 Å². The van der Waals surface area contributed by atoms with E-state index in [4.69, 9.17) is 4.42 Å². The Kier molecular flexibility index (Phi) is 6.37. The molecule has 0 fully saturated rings. The Morgan fingerprint density at radius 2 is 2.04 bits per heavy atom. The number of amides is 2. The monoisotopic (exact) mass is 335 g/mol. The molecule has 124 valence electrons. The molecule has 7 heteroatoms. The molecular weight excluding hydrogens is 314 g/mol. The molecule has 2 heterocycles. The van der Waals surface area contributed by atoms with E-state index in [9.17, 15) is 9.59 Å². The molecule has 23 heavy (non-hydrogen) atoms. The molecule has 1 N–H and O–H groups in total. The van der Waals surface area contributed by atoms with E-state index in [1.807, 2.05) is 34.5 Å². The molecule has 2 rings (SSSR count). The predicted molar refractivity (Wildman–Crippen MR) is 88.8 cm³/mol. The van der Waals surface area contributed by atoms with E-state index >= 15 is 0 Å². The maximum Gasteiger partial charge on any atom is 0.239 e. The summed E-state index contributed by atoms with van der Waals surface area (Å²) in [6.07, 6.45) is 1.62. The van der Waals surface area contributed by atoms with Crippen LogP contribution in [-0.4, -0.2) is 48.8 Å². The summed E-state index contributed by atoms with van der Waals surface area (Å²) in [6.45, 7) is 1.50. The van der Waals surface area contributed by atoms with Crippen molar-refractivity contribution in [2.24, 2.45) is 0 Å². The largest absolute Gasteiger partial charge is 0.468 e. The molecule has 2 aromatic rings. The fourth-order valence-corrected chi connectivity index (χ4v) is 2.85. The van der Waals surface area contributed by atoms with Crippen molar-refractivity contribution in [3.8, 4) is 0 Å². The van der Waals surface area contributed by atoms with Crippen molar-refractivity contribution in [1.82, 2.24) is 15.1 Å². The van der Waals surface area contributed by atoms with Gasteiger partial charge in [0.15, 0.2) is 0 Å². The van der Waals surface area contributed by atoms with Gasteiger partial charge in [-0.1, -0.05) is 6.07 Å². The third-order valence-corrected chi connectivity index (χ3v) is 4.22. The predicted octanol–water partition coefficient (Wildman–Crippen LogP) is 1.55. The van der Waals surface area contributed by atoms with E-state index in [1.54, 1.807) is 31.7 Å². The van der Waals surface area contributed by atoms with Crippen LogP contribution in [0.5, 0.6) is 0 Å². The quantitative estimate of drug-likeness (QED) is 0.795. The van der Waals surface area contributed by atoms with E-state index in [0.29, 0.717) is 13.1 Å². The highest BCUT2D eigenvalue weighted by atomic mass is 32.1. The SMILES string of the molecule is CNC(=O)CN(C)C(=O)CN(Cc1ccco1)Cc1cccs1. The van der Waals surface area contributed by atoms with E-state index in [0.717, 1.165) is 5.76 Å². The van der Waals surface area contributed by atoms with Crippen LogP contribution >= 0.6 is 11.3 Å². The standard InChI is InChI=1S/C16H21N3O3S/c1-17-15(20)11-18(2)16(21)12-19(9-13-5-3-7-22-13)10-14-6-4-8-23-14/h3-8H,9-12H2,1-2H3,(H,17,20). The number of furan rings is 1. The number of hydrogen-bond acceptors (Lipinski definition) is 5. The van der Waals surface area contributed by atoms with Crippen LogP contribution in [0.3, 0.4) is 0 Å². The normalized spacial score (nSPS) is 10.7. The molecule has 0 aromatic carbocycles. The van der Waals surface area contributed by atoms with Gasteiger partial charge in [0.2, 0.25) is 11.8 Å². The third-order valence-electron chi connectivity index (χ3n) is 3.36. The summed E-state index contributed by atoms with van der Waals surface area (Å²) in [7, 11) is 3.19. The van der Waals surface area contributed by atoms with Crippen LogP contribution < -0.4 is 5.32 Å². The minimum Gasteiger partial charge on any atom is -0.468 e. The minimum atomic E-state index is -0.184. The zero-order valence-electron chi connectivity index (χ0n) is 13.3. The van der Waals surface area contributed by atoms with E-state index in [1.165, 1.54) is 9.78 Å². The van der Waals surface area contributed by atoms with Crippen molar-refractivity contribution in [3.63, 3.8) is 0 Å². The highest BCUT2D eigenvalue weighted by Gasteiger charge is 2.18. The zero-order valence-corrected chi connectivity index (χ0v) is 14.1. The van der Waals surface area contributed by atoms with Gasteiger partial charge >= 0.3 is 0 Å². The Morgan fingerprint density at radius 1 is 1.22 bits per heavy atom. The smallest absolute Gasteiger partial charge is 0.239 e. The van der Waals surface area contributed by atoms with Gasteiger partial charge in [0.05, 0.1) is 25.9 Å². The molecule has 2 amide bonds. The zero-order chi connectivity index (χ0) is 16.7. The maximum absolute atomic E-state index is 12.3. The Morgan fingerprint density at radius 3 is 2.65 bits per heavy atom. The van der Waals surface area contributed by atoms with Crippen molar-refractivity contribution in [2.45, 2.75) is 13.1 Å². The number of nitrogens with zero attached hydrogens (tertiary/aromatic N) is 2. The summed E-state index contributed by atoms with van der Waals surface area (Å²) in [4.78, 5) is 28.4. The number of rotatable bonds is 8. The maximum atomic E-state index is 12.3. The van der Waals surface area contributed by atoms with Gasteiger partial charge in [0.1, 0.15) is 5.76 Å². The van der Waals surface area contributed by atoms with Crippen molar-refractivity contribution in [3.05, 3.63) is 46.5 Å². The van der Waals surface area contributed by atoms with Crippen LogP contribution in [0.4, 0.5) is 0 Å². The molecule has 0 atom stereocenters. The number of thiophene rings is 1. The van der Waals surface area contributed by atoms with Gasteiger partial charge in [-0.3, -0.25) is 14.5 Å². The molecule has 0 saturated carbocycles. The Hall–Kier alpha value is -2.12. The molecule has 0 saturated heterocycles. The van der Waals surface area contributed by atoms with Crippen LogP contribution in [0.15, 0.2) is 40.3 Å². The molecule has 0 aliphatic rings. The first-order chi connectivity index (χ1) is 11.1. The number of carbonyl (C=O) groups excluding carboxylic acids is 2. The first-order valence-corrected chi connectivity index (χ1v) is 8.18. The second-order valence-corrected chi connectivity index (χ2v) is 6.26. The van der Waals surface area contributed by atoms with E-state index < -0.39 is 0 Å². The number of nitrogens with one attached hydrogen (secondary N) is 1. The minimum absolute atomic E-state index is 0.0585. The summed E-state index contributed by atoms with van der Waals surface area (Å²) in [5, 5.41) is 4.53. The van der Waals surface area contributed by atoms with Gasteiger partial charge in [0.25, 0.3) is 0 Å². The average molecular weight is 335 g/mol. The summed E-state index contributed by atoms with van der Waals surface area (Å²) < 4.78 is 5.38. The van der Waals surface area contributed by atoms with Crippen LogP contribution in [0.2, 0.25) is 0 Å². The van der Waals surface area contributed by atoms with Gasteiger partial charge in [-0.15, -0.1) is 11.3 Å². The van der Waals surface area contributed by atoms with Gasteiger partial charge < -0.3 is 14.6 Å². The second-order valence-electron chi connectivity index (χ2n) is 5.23. The van der Waals surface area contributed by atoms with Crippen LogP contribution in [-0.2, 0) is 22.7 Å². The van der Waals surface area contributed by atoms with E-state index in [2.05, 4.69) is 5.32 Å². The lowest BCUT2D eigenvalue weighted by molar-refractivity contribution is -0.135. The molecule has 0 unspecified atom stereocenters. The molecule has 0 bridgehead atoms. The molecule has 0 aliphatic carbocycles. The first-order valence-electron chi connectivity index (χ1n) is 7.30. The molecule has 2 aromatic heterocycles. The highest BCUT2D eigenvalue weighted by molar-refractivity contribution is 7.09. The summed E-state index contributed by atoms with van der Waals surface area (Å²) in [5.41, 5.74) is 0. The second kappa shape index (κ2) is 8.50. The summed E-state index contributed by atoms with van der Waals surface area (Å²) >= 11 is 1.65. The molecule has 0 radical (unpaired) electrons. The number of carbonyl (C=O) groups is 2. The molecule has 0 aliphatic heterocycles. The lowest BCUT2D eigenvalue weighted by Crippen LogP contribution is -2.42. The van der Waals surface area contributed by atoms with Crippen LogP contribution in [0.25, 0.3) is 0 Å². The van der Waals surface area contributed by atoms with Crippen LogP contribution in [0, 0.1) is 0 Å². The Labute approximate surface area is 139 Å². The molecule has 6 nitrogen and oxygen atoms in total. The van der Waals surface area contributed by atoms with Gasteiger partial charge in [0, 0.05) is 25.5 Å². The fraction of sp³-hybridized carbons (Fsp3) is 0.375. The van der Waals surface area contributed by atoms with Gasteiger partial charge in [-0.05, 0) is 23.6 Å². The summed E-state index contributed by atoms with van der Waals surface area (Å²) in [5.74, 6) is 0.525. The number of likely N-dealkylation sites (N-methyl/N-ethyl adjacent to an activating group) is 2. The van der Waals surface area contributed by atoms with Crippen molar-refractivity contribution in [2.75, 3.05) is 27.2 Å². The van der Waals surface area contributed by atoms with Gasteiger partial charge in [-0.25, -0.2) is 0 Å². The molecule has 0 spiro atoms. The van der Waals surface area contributed by atoms with E-state index in [-0.39, 0.29) is 24.9 Å². The van der Waals surface area contributed by atoms with Crippen molar-refractivity contribution < 1.29 is 14.0 Å². The lowest BCUT2D eigenvalue weighted by atomic mass is 10.3. The topological polar surface area (TPSA) is 65.8 Å².